The van der Waals surface area contributed by atoms with Crippen molar-refractivity contribution in [2.24, 2.45) is 5.92 Å². The number of hydrogen-bond acceptors (Lipinski definition) is 4. The zero-order valence-electron chi connectivity index (χ0n) is 11.4. The van der Waals surface area contributed by atoms with Gasteiger partial charge in [-0.3, -0.25) is 0 Å². The highest BCUT2D eigenvalue weighted by atomic mass is 16.5. The minimum absolute atomic E-state index is 0.334. The van der Waals surface area contributed by atoms with Crippen molar-refractivity contribution in [3.63, 3.8) is 0 Å². The van der Waals surface area contributed by atoms with Gasteiger partial charge in [0.15, 0.2) is 0 Å². The van der Waals surface area contributed by atoms with Crippen LogP contribution in [-0.4, -0.2) is 19.7 Å². The topological polar surface area (TPSA) is 61.5 Å². The predicted octanol–water partition coefficient (Wildman–Crippen LogP) is 3.01. The average molecular weight is 263 g/mol. The number of esters is 1. The van der Waals surface area contributed by atoms with E-state index in [9.17, 15) is 4.79 Å². The van der Waals surface area contributed by atoms with Crippen molar-refractivity contribution >= 4 is 11.7 Å². The Balaban J connectivity index is 2.06. The Labute approximate surface area is 113 Å². The van der Waals surface area contributed by atoms with Crippen LogP contribution in [-0.2, 0) is 4.74 Å². The fourth-order valence-corrected chi connectivity index (χ4v) is 2.55. The van der Waals surface area contributed by atoms with Gasteiger partial charge in [-0.2, -0.15) is 0 Å². The SMILES string of the molecule is COC(=O)c1c(N)cccc1OCC1CCCCC1. The van der Waals surface area contributed by atoms with Gasteiger partial charge in [-0.1, -0.05) is 25.3 Å². The first-order valence-electron chi connectivity index (χ1n) is 6.82. The number of hydrogen-bond donors (Lipinski definition) is 1. The number of rotatable bonds is 4. The predicted molar refractivity (Wildman–Crippen MR) is 74.3 cm³/mol. The second-order valence-electron chi connectivity index (χ2n) is 5.03. The molecule has 0 radical (unpaired) electrons. The number of methoxy groups -OCH3 is 1. The van der Waals surface area contributed by atoms with Gasteiger partial charge in [0.1, 0.15) is 11.3 Å². The van der Waals surface area contributed by atoms with Crippen molar-refractivity contribution in [3.05, 3.63) is 23.8 Å². The largest absolute Gasteiger partial charge is 0.492 e. The van der Waals surface area contributed by atoms with Crippen molar-refractivity contribution in [1.82, 2.24) is 0 Å². The summed E-state index contributed by atoms with van der Waals surface area (Å²) in [6.45, 7) is 0.646. The smallest absolute Gasteiger partial charge is 0.343 e. The van der Waals surface area contributed by atoms with Gasteiger partial charge in [-0.15, -0.1) is 0 Å². The highest BCUT2D eigenvalue weighted by molar-refractivity contribution is 5.98. The Morgan fingerprint density at radius 1 is 1.32 bits per heavy atom. The Morgan fingerprint density at radius 2 is 2.05 bits per heavy atom. The van der Waals surface area contributed by atoms with E-state index in [2.05, 4.69) is 0 Å². The highest BCUT2D eigenvalue weighted by Crippen LogP contribution is 2.28. The van der Waals surface area contributed by atoms with Gasteiger partial charge in [-0.05, 0) is 30.9 Å². The second-order valence-corrected chi connectivity index (χ2v) is 5.03. The minimum atomic E-state index is -0.447. The van der Waals surface area contributed by atoms with Crippen molar-refractivity contribution < 1.29 is 14.3 Å². The summed E-state index contributed by atoms with van der Waals surface area (Å²) in [4.78, 5) is 11.7. The highest BCUT2D eigenvalue weighted by Gasteiger charge is 2.19. The molecule has 2 rings (SSSR count). The molecule has 0 aliphatic heterocycles. The normalized spacial score (nSPS) is 16.1. The Bertz CT molecular complexity index is 439. The van der Waals surface area contributed by atoms with Crippen LogP contribution in [0, 0.1) is 5.92 Å². The molecule has 0 heterocycles. The Kier molecular flexibility index (Phi) is 4.66. The quantitative estimate of drug-likeness (QED) is 0.670. The molecule has 0 atom stereocenters. The van der Waals surface area contributed by atoms with Crippen molar-refractivity contribution in [2.75, 3.05) is 19.5 Å². The number of benzene rings is 1. The summed E-state index contributed by atoms with van der Waals surface area (Å²) in [5.74, 6) is 0.662. The monoisotopic (exact) mass is 263 g/mol. The Hall–Kier alpha value is -1.71. The van der Waals surface area contributed by atoms with Crippen LogP contribution in [0.25, 0.3) is 0 Å². The van der Waals surface area contributed by atoms with E-state index in [0.717, 1.165) is 0 Å². The zero-order valence-corrected chi connectivity index (χ0v) is 11.4. The lowest BCUT2D eigenvalue weighted by atomic mass is 9.90. The second kappa shape index (κ2) is 6.45. The molecular weight excluding hydrogens is 242 g/mol. The van der Waals surface area contributed by atoms with Gasteiger partial charge < -0.3 is 15.2 Å². The van der Waals surface area contributed by atoms with Crippen molar-refractivity contribution in [3.8, 4) is 5.75 Å². The lowest BCUT2D eigenvalue weighted by Gasteiger charge is -2.22. The first-order chi connectivity index (χ1) is 9.22. The van der Waals surface area contributed by atoms with Crippen LogP contribution in [0.15, 0.2) is 18.2 Å². The maximum Gasteiger partial charge on any atom is 0.343 e. The van der Waals surface area contributed by atoms with E-state index < -0.39 is 5.97 Å². The number of nitrogen functional groups attached to an aromatic ring is 1. The van der Waals surface area contributed by atoms with Crippen LogP contribution in [0.4, 0.5) is 5.69 Å². The molecule has 104 valence electrons. The van der Waals surface area contributed by atoms with Crippen molar-refractivity contribution in [2.45, 2.75) is 32.1 Å². The van der Waals surface area contributed by atoms with Gasteiger partial charge in [-0.25, -0.2) is 4.79 Å². The summed E-state index contributed by atoms with van der Waals surface area (Å²) in [6.07, 6.45) is 6.28. The van der Waals surface area contributed by atoms with E-state index in [4.69, 9.17) is 15.2 Å². The third-order valence-electron chi connectivity index (χ3n) is 3.65. The summed E-state index contributed by atoms with van der Waals surface area (Å²) in [5, 5.41) is 0. The third-order valence-corrected chi connectivity index (χ3v) is 3.65. The van der Waals surface area contributed by atoms with E-state index in [1.807, 2.05) is 0 Å². The molecule has 0 amide bonds. The standard InChI is InChI=1S/C15H21NO3/c1-18-15(17)14-12(16)8-5-9-13(14)19-10-11-6-3-2-4-7-11/h5,8-9,11H,2-4,6-7,10,16H2,1H3. The van der Waals surface area contributed by atoms with E-state index in [-0.39, 0.29) is 0 Å². The van der Waals surface area contributed by atoms with Crippen LogP contribution in [0.3, 0.4) is 0 Å². The molecular formula is C15H21NO3. The number of anilines is 1. The summed E-state index contributed by atoms with van der Waals surface area (Å²) in [7, 11) is 1.35. The number of carbonyl (C=O) groups is 1. The van der Waals surface area contributed by atoms with Crippen molar-refractivity contribution in [1.29, 1.82) is 0 Å². The third kappa shape index (κ3) is 3.40. The molecule has 1 aliphatic carbocycles. The van der Waals surface area contributed by atoms with E-state index in [1.54, 1.807) is 18.2 Å². The number of carbonyl (C=O) groups excluding carboxylic acids is 1. The fourth-order valence-electron chi connectivity index (χ4n) is 2.55. The lowest BCUT2D eigenvalue weighted by molar-refractivity contribution is 0.0596. The molecule has 1 fully saturated rings. The van der Waals surface area contributed by atoms with Gasteiger partial charge in [0.25, 0.3) is 0 Å². The first kappa shape index (κ1) is 13.7. The molecule has 4 heteroatoms. The van der Waals surface area contributed by atoms with Gasteiger partial charge >= 0.3 is 5.97 Å². The molecule has 1 aromatic rings. The van der Waals surface area contributed by atoms with Gasteiger partial charge in [0.05, 0.1) is 13.7 Å². The maximum absolute atomic E-state index is 11.7. The van der Waals surface area contributed by atoms with Gasteiger partial charge in [0.2, 0.25) is 0 Å². The Morgan fingerprint density at radius 3 is 2.74 bits per heavy atom. The molecule has 4 nitrogen and oxygen atoms in total. The van der Waals surface area contributed by atoms with E-state index in [0.29, 0.717) is 29.5 Å². The first-order valence-corrected chi connectivity index (χ1v) is 6.82. The summed E-state index contributed by atoms with van der Waals surface area (Å²) in [5.41, 5.74) is 6.56. The van der Waals surface area contributed by atoms with E-state index >= 15 is 0 Å². The molecule has 0 spiro atoms. The number of ether oxygens (including phenoxy) is 2. The molecule has 19 heavy (non-hydrogen) atoms. The van der Waals surface area contributed by atoms with E-state index in [1.165, 1.54) is 39.2 Å². The number of nitrogens with two attached hydrogens (primary N) is 1. The average Bonchev–Trinajstić information content (AvgIpc) is 2.45. The zero-order chi connectivity index (χ0) is 13.7. The van der Waals surface area contributed by atoms with Crippen LogP contribution in [0.1, 0.15) is 42.5 Å². The molecule has 0 saturated heterocycles. The summed E-state index contributed by atoms with van der Waals surface area (Å²) < 4.78 is 10.6. The fraction of sp³-hybridized carbons (Fsp3) is 0.533. The molecule has 0 aromatic heterocycles. The molecule has 1 saturated carbocycles. The maximum atomic E-state index is 11.7. The lowest BCUT2D eigenvalue weighted by Crippen LogP contribution is -2.17. The van der Waals surface area contributed by atoms with Crippen LogP contribution in [0.5, 0.6) is 5.75 Å². The summed E-state index contributed by atoms with van der Waals surface area (Å²) in [6, 6.07) is 5.24. The molecule has 0 unspecified atom stereocenters. The molecule has 2 N–H and O–H groups in total. The summed E-state index contributed by atoms with van der Waals surface area (Å²) >= 11 is 0. The molecule has 0 bridgehead atoms. The minimum Gasteiger partial charge on any atom is -0.492 e. The molecule has 1 aliphatic rings. The van der Waals surface area contributed by atoms with Crippen LogP contribution >= 0.6 is 0 Å². The van der Waals surface area contributed by atoms with Crippen LogP contribution in [0.2, 0.25) is 0 Å². The van der Waals surface area contributed by atoms with Crippen LogP contribution < -0.4 is 10.5 Å². The molecule has 1 aromatic carbocycles. The van der Waals surface area contributed by atoms with Gasteiger partial charge in [0, 0.05) is 5.69 Å².